The topological polar surface area (TPSA) is 29.5 Å². The minimum Gasteiger partial charge on any atom is -0.399 e. The maximum atomic E-state index is 9.67. The molecule has 2 nitrogen and oxygen atoms in total. The van der Waals surface area contributed by atoms with Crippen LogP contribution in [0.5, 0.6) is 0 Å². The van der Waals surface area contributed by atoms with Crippen LogP contribution in [0.25, 0.3) is 0 Å². The van der Waals surface area contributed by atoms with Crippen molar-refractivity contribution in [3.63, 3.8) is 0 Å². The molecule has 0 aliphatic heterocycles. The predicted octanol–water partition coefficient (Wildman–Crippen LogP) is 3.11. The molecular weight excluding hydrogens is 300 g/mol. The molecule has 0 aliphatic carbocycles. The maximum absolute atomic E-state index is 9.67. The first kappa shape index (κ1) is 17.7. The number of aliphatic hydroxyl groups is 1. The van der Waals surface area contributed by atoms with Crippen LogP contribution in [-0.4, -0.2) is 26.1 Å². The van der Waals surface area contributed by atoms with Gasteiger partial charge in [0.2, 0.25) is 0 Å². The van der Waals surface area contributed by atoms with Crippen LogP contribution in [0.3, 0.4) is 0 Å². The third-order valence-electron chi connectivity index (χ3n) is 4.19. The molecule has 0 radical (unpaired) electrons. The number of rotatable bonds is 6. The zero-order chi connectivity index (χ0) is 16.9. The average molecular weight is 327 g/mol. The Balaban J connectivity index is 2.72. The van der Waals surface area contributed by atoms with E-state index in [4.69, 9.17) is 4.43 Å². The summed E-state index contributed by atoms with van der Waals surface area (Å²) in [5.74, 6) is 0. The molecule has 2 aromatic carbocycles. The average Bonchev–Trinajstić information content (AvgIpc) is 2.57. The van der Waals surface area contributed by atoms with E-state index in [2.05, 4.69) is 75.9 Å². The molecular formula is C20H26O2Si. The second-order valence-corrected chi connectivity index (χ2v) is 11.0. The monoisotopic (exact) mass is 326 g/mol. The van der Waals surface area contributed by atoms with Gasteiger partial charge in [0.25, 0.3) is 8.32 Å². The highest BCUT2D eigenvalue weighted by atomic mass is 28.4. The van der Waals surface area contributed by atoms with Crippen molar-refractivity contribution in [1.82, 2.24) is 0 Å². The van der Waals surface area contributed by atoms with Crippen LogP contribution in [0, 0.1) is 0 Å². The SMILES string of the molecule is C=C[C@H](CO)O[Si](c1ccccc1)(c1ccccc1)C(C)(C)C. The van der Waals surface area contributed by atoms with Crippen LogP contribution < -0.4 is 10.4 Å². The summed E-state index contributed by atoms with van der Waals surface area (Å²) < 4.78 is 6.64. The summed E-state index contributed by atoms with van der Waals surface area (Å²) in [6, 6.07) is 20.8. The van der Waals surface area contributed by atoms with E-state index in [-0.39, 0.29) is 17.7 Å². The van der Waals surface area contributed by atoms with E-state index in [1.54, 1.807) is 6.08 Å². The van der Waals surface area contributed by atoms with E-state index in [0.717, 1.165) is 0 Å². The first-order valence-corrected chi connectivity index (χ1v) is 9.89. The molecule has 0 unspecified atom stereocenters. The largest absolute Gasteiger partial charge is 0.399 e. The number of benzene rings is 2. The van der Waals surface area contributed by atoms with Crippen molar-refractivity contribution in [1.29, 1.82) is 0 Å². The number of aliphatic hydroxyl groups excluding tert-OH is 1. The van der Waals surface area contributed by atoms with Gasteiger partial charge in [-0.1, -0.05) is 87.5 Å². The first-order valence-electron chi connectivity index (χ1n) is 7.98. The van der Waals surface area contributed by atoms with Gasteiger partial charge in [0, 0.05) is 0 Å². The molecule has 0 saturated carbocycles. The molecule has 1 N–H and O–H groups in total. The molecule has 2 rings (SSSR count). The van der Waals surface area contributed by atoms with Crippen LogP contribution in [-0.2, 0) is 4.43 Å². The summed E-state index contributed by atoms with van der Waals surface area (Å²) in [4.78, 5) is 0. The summed E-state index contributed by atoms with van der Waals surface area (Å²) in [6.45, 7) is 10.4. The highest BCUT2D eigenvalue weighted by Gasteiger charge is 2.51. The van der Waals surface area contributed by atoms with E-state index >= 15 is 0 Å². The maximum Gasteiger partial charge on any atom is 0.261 e. The lowest BCUT2D eigenvalue weighted by Crippen LogP contribution is -2.67. The molecule has 23 heavy (non-hydrogen) atoms. The van der Waals surface area contributed by atoms with E-state index < -0.39 is 8.32 Å². The zero-order valence-electron chi connectivity index (χ0n) is 14.2. The minimum absolute atomic E-state index is 0.0615. The lowest BCUT2D eigenvalue weighted by atomic mass is 10.2. The molecule has 0 aromatic heterocycles. The fourth-order valence-electron chi connectivity index (χ4n) is 3.08. The molecule has 0 amide bonds. The van der Waals surface area contributed by atoms with Gasteiger partial charge in [-0.05, 0) is 15.4 Å². The number of hydrogen-bond donors (Lipinski definition) is 1. The van der Waals surface area contributed by atoms with Crippen LogP contribution in [0.15, 0.2) is 73.3 Å². The molecule has 0 saturated heterocycles. The second-order valence-electron chi connectivity index (χ2n) is 6.74. The van der Waals surface area contributed by atoms with Gasteiger partial charge in [0.1, 0.15) is 0 Å². The standard InChI is InChI=1S/C20H26O2Si/c1-5-17(16-21)22-23(20(2,3)4,18-12-8-6-9-13-18)19-14-10-7-11-15-19/h5-15,17,21H,1,16H2,2-4H3/t17-/m1/s1. The Morgan fingerprint density at radius 1 is 1.00 bits per heavy atom. The minimum atomic E-state index is -2.59. The molecule has 0 bridgehead atoms. The van der Waals surface area contributed by atoms with Gasteiger partial charge in [-0.3, -0.25) is 0 Å². The van der Waals surface area contributed by atoms with Crippen molar-refractivity contribution in [2.75, 3.05) is 6.61 Å². The summed E-state index contributed by atoms with van der Waals surface area (Å²) in [6.07, 6.45) is 1.32. The summed E-state index contributed by atoms with van der Waals surface area (Å²) in [5, 5.41) is 12.0. The van der Waals surface area contributed by atoms with E-state index in [0.29, 0.717) is 0 Å². The Hall–Kier alpha value is -1.68. The van der Waals surface area contributed by atoms with Crippen molar-refractivity contribution in [3.8, 4) is 0 Å². The van der Waals surface area contributed by atoms with E-state index in [1.807, 2.05) is 12.1 Å². The van der Waals surface area contributed by atoms with Crippen molar-refractivity contribution in [3.05, 3.63) is 73.3 Å². The first-order chi connectivity index (χ1) is 11.0. The van der Waals surface area contributed by atoms with E-state index in [9.17, 15) is 5.11 Å². The molecule has 3 heteroatoms. The smallest absolute Gasteiger partial charge is 0.261 e. The molecule has 1 atom stereocenters. The third-order valence-corrected chi connectivity index (χ3v) is 9.25. The highest BCUT2D eigenvalue weighted by molar-refractivity contribution is 6.99. The van der Waals surface area contributed by atoms with Gasteiger partial charge in [0.05, 0.1) is 12.7 Å². The van der Waals surface area contributed by atoms with Crippen LogP contribution in [0.1, 0.15) is 20.8 Å². The molecule has 122 valence electrons. The van der Waals surface area contributed by atoms with E-state index in [1.165, 1.54) is 10.4 Å². The van der Waals surface area contributed by atoms with Crippen molar-refractivity contribution < 1.29 is 9.53 Å². The lowest BCUT2D eigenvalue weighted by molar-refractivity contribution is 0.141. The lowest BCUT2D eigenvalue weighted by Gasteiger charge is -2.44. The van der Waals surface area contributed by atoms with Gasteiger partial charge in [-0.25, -0.2) is 0 Å². The van der Waals surface area contributed by atoms with Crippen molar-refractivity contribution in [2.45, 2.75) is 31.9 Å². The quantitative estimate of drug-likeness (QED) is 0.653. The second kappa shape index (κ2) is 7.26. The highest BCUT2D eigenvalue weighted by Crippen LogP contribution is 2.37. The normalized spacial score (nSPS) is 13.6. The zero-order valence-corrected chi connectivity index (χ0v) is 15.2. The van der Waals surface area contributed by atoms with Crippen molar-refractivity contribution in [2.24, 2.45) is 0 Å². The number of hydrogen-bond acceptors (Lipinski definition) is 2. The van der Waals surface area contributed by atoms with Crippen LogP contribution in [0.2, 0.25) is 5.04 Å². The van der Waals surface area contributed by atoms with Gasteiger partial charge in [-0.2, -0.15) is 0 Å². The van der Waals surface area contributed by atoms with Crippen LogP contribution in [0.4, 0.5) is 0 Å². The fourth-order valence-corrected chi connectivity index (χ4v) is 7.72. The Morgan fingerprint density at radius 3 is 1.74 bits per heavy atom. The molecule has 0 fully saturated rings. The fraction of sp³-hybridized carbons (Fsp3) is 0.300. The van der Waals surface area contributed by atoms with Gasteiger partial charge >= 0.3 is 0 Å². The molecule has 0 spiro atoms. The van der Waals surface area contributed by atoms with Gasteiger partial charge in [0.15, 0.2) is 0 Å². The molecule has 0 heterocycles. The van der Waals surface area contributed by atoms with Crippen LogP contribution >= 0.6 is 0 Å². The molecule has 2 aromatic rings. The van der Waals surface area contributed by atoms with Gasteiger partial charge in [-0.15, -0.1) is 6.58 Å². The Morgan fingerprint density at radius 2 is 1.43 bits per heavy atom. The summed E-state index contributed by atoms with van der Waals surface area (Å²) in [7, 11) is -2.59. The Kier molecular flexibility index (Phi) is 5.58. The summed E-state index contributed by atoms with van der Waals surface area (Å²) >= 11 is 0. The van der Waals surface area contributed by atoms with Crippen molar-refractivity contribution >= 4 is 18.7 Å². The summed E-state index contributed by atoms with van der Waals surface area (Å²) in [5.41, 5.74) is 0. The third kappa shape index (κ3) is 3.47. The predicted molar refractivity (Wildman–Crippen MR) is 99.8 cm³/mol. The Labute approximate surface area is 140 Å². The van der Waals surface area contributed by atoms with Gasteiger partial charge < -0.3 is 9.53 Å². The Bertz CT molecular complexity index is 578. The molecule has 0 aliphatic rings.